The lowest BCUT2D eigenvalue weighted by molar-refractivity contribution is -0.121. The number of sulfonamides is 1. The Hall–Kier alpha value is -2.42. The minimum atomic E-state index is -3.83. The number of rotatable bonds is 5. The Bertz CT molecular complexity index is 1010. The van der Waals surface area contributed by atoms with Crippen molar-refractivity contribution in [2.24, 2.45) is 0 Å². The molecule has 1 heterocycles. The molecular formula is C18H17ClN2O5S. The topological polar surface area (TPSA) is 92.8 Å². The number of anilines is 1. The van der Waals surface area contributed by atoms with Crippen LogP contribution in [0.1, 0.15) is 15.9 Å². The molecule has 9 heteroatoms. The number of ether oxygens (including phenoxy) is 1. The average Bonchev–Trinajstić information content (AvgIpc) is 3.10. The predicted octanol–water partition coefficient (Wildman–Crippen LogP) is 1.99. The molecule has 0 aromatic heterocycles. The molecule has 0 aliphatic carbocycles. The van der Waals surface area contributed by atoms with Crippen molar-refractivity contribution in [3.8, 4) is 0 Å². The van der Waals surface area contributed by atoms with Crippen molar-refractivity contribution in [3.63, 3.8) is 0 Å². The first-order valence-electron chi connectivity index (χ1n) is 8.12. The van der Waals surface area contributed by atoms with Gasteiger partial charge < -0.3 is 9.64 Å². The summed E-state index contributed by atoms with van der Waals surface area (Å²) in [5, 5.41) is -0.0225. The first kappa shape index (κ1) is 19.3. The summed E-state index contributed by atoms with van der Waals surface area (Å²) in [6, 6.07) is 11.3. The van der Waals surface area contributed by atoms with Crippen LogP contribution in [-0.2, 0) is 26.0 Å². The Balaban J connectivity index is 1.70. The number of amides is 1. The van der Waals surface area contributed by atoms with E-state index in [1.807, 2.05) is 24.3 Å². The van der Waals surface area contributed by atoms with E-state index in [2.05, 4.69) is 4.72 Å². The summed E-state index contributed by atoms with van der Waals surface area (Å²) in [4.78, 5) is 26.0. The van der Waals surface area contributed by atoms with E-state index in [0.29, 0.717) is 6.54 Å². The van der Waals surface area contributed by atoms with Gasteiger partial charge in [-0.2, -0.15) is 0 Å². The van der Waals surface area contributed by atoms with Crippen molar-refractivity contribution < 1.29 is 22.7 Å². The van der Waals surface area contributed by atoms with Crippen molar-refractivity contribution in [1.82, 2.24) is 4.72 Å². The minimum Gasteiger partial charge on any atom is -0.452 e. The van der Waals surface area contributed by atoms with Crippen LogP contribution in [0.4, 0.5) is 5.69 Å². The van der Waals surface area contributed by atoms with E-state index < -0.39 is 22.6 Å². The number of para-hydroxylation sites is 1. The molecule has 1 N–H and O–H groups in total. The van der Waals surface area contributed by atoms with Crippen LogP contribution in [0, 0.1) is 0 Å². The number of fused-ring (bicyclic) bond motifs is 1. The fourth-order valence-electron chi connectivity index (χ4n) is 2.83. The van der Waals surface area contributed by atoms with Gasteiger partial charge in [0.05, 0.1) is 10.6 Å². The number of esters is 1. The molecule has 0 saturated carbocycles. The second kappa shape index (κ2) is 7.67. The monoisotopic (exact) mass is 408 g/mol. The zero-order chi connectivity index (χ0) is 19.6. The van der Waals surface area contributed by atoms with Crippen LogP contribution in [0.25, 0.3) is 0 Å². The Morgan fingerprint density at radius 1 is 1.22 bits per heavy atom. The van der Waals surface area contributed by atoms with Gasteiger partial charge in [0.15, 0.2) is 6.61 Å². The Morgan fingerprint density at radius 3 is 2.70 bits per heavy atom. The smallest absolute Gasteiger partial charge is 0.338 e. The van der Waals surface area contributed by atoms with Crippen LogP contribution < -0.4 is 9.62 Å². The maximum atomic E-state index is 12.4. The SMILES string of the molecule is CNS(=O)(=O)c1cc(C(=O)OCC(=O)N2CCc3ccccc32)ccc1Cl. The molecule has 1 aliphatic rings. The minimum absolute atomic E-state index is 0.0113. The van der Waals surface area contributed by atoms with E-state index in [0.717, 1.165) is 23.7 Å². The highest BCUT2D eigenvalue weighted by Gasteiger charge is 2.25. The van der Waals surface area contributed by atoms with E-state index >= 15 is 0 Å². The third-order valence-corrected chi connectivity index (χ3v) is 6.14. The van der Waals surface area contributed by atoms with Crippen LogP contribution >= 0.6 is 11.6 Å². The van der Waals surface area contributed by atoms with Gasteiger partial charge in [-0.15, -0.1) is 0 Å². The normalized spacial score (nSPS) is 13.3. The van der Waals surface area contributed by atoms with Crippen LogP contribution in [0.3, 0.4) is 0 Å². The zero-order valence-electron chi connectivity index (χ0n) is 14.4. The number of nitrogens with one attached hydrogen (secondary N) is 1. The van der Waals surface area contributed by atoms with Gasteiger partial charge in [0, 0.05) is 12.2 Å². The molecule has 1 amide bonds. The predicted molar refractivity (Wildman–Crippen MR) is 100 cm³/mol. The van der Waals surface area contributed by atoms with Crippen LogP contribution in [0.5, 0.6) is 0 Å². The van der Waals surface area contributed by atoms with Gasteiger partial charge in [0.2, 0.25) is 10.0 Å². The summed E-state index contributed by atoms with van der Waals surface area (Å²) in [5.74, 6) is -1.15. The van der Waals surface area contributed by atoms with Gasteiger partial charge in [-0.25, -0.2) is 17.9 Å². The molecule has 0 fully saturated rings. The number of nitrogens with zero attached hydrogens (tertiary/aromatic N) is 1. The molecule has 7 nitrogen and oxygen atoms in total. The summed E-state index contributed by atoms with van der Waals surface area (Å²) in [7, 11) is -2.59. The molecule has 0 bridgehead atoms. The highest BCUT2D eigenvalue weighted by Crippen LogP contribution is 2.27. The molecule has 27 heavy (non-hydrogen) atoms. The standard InChI is InChI=1S/C18H17ClN2O5S/c1-20-27(24,25)16-10-13(6-7-14(16)19)18(23)26-11-17(22)21-9-8-12-4-2-3-5-15(12)21/h2-7,10,20H,8-9,11H2,1H3. The van der Waals surface area contributed by atoms with Gasteiger partial charge in [0.25, 0.3) is 5.91 Å². The molecule has 142 valence electrons. The van der Waals surface area contributed by atoms with E-state index in [9.17, 15) is 18.0 Å². The second-order valence-corrected chi connectivity index (χ2v) is 8.12. The van der Waals surface area contributed by atoms with Crippen LogP contribution in [0.2, 0.25) is 5.02 Å². The molecule has 0 spiro atoms. The molecule has 0 saturated heterocycles. The summed E-state index contributed by atoms with van der Waals surface area (Å²) in [6.45, 7) is 0.0884. The fraction of sp³-hybridized carbons (Fsp3) is 0.222. The summed E-state index contributed by atoms with van der Waals surface area (Å²) < 4.78 is 31.1. The second-order valence-electron chi connectivity index (χ2n) is 5.85. The molecule has 0 radical (unpaired) electrons. The largest absolute Gasteiger partial charge is 0.452 e. The summed E-state index contributed by atoms with van der Waals surface area (Å²) in [6.07, 6.45) is 0.748. The van der Waals surface area contributed by atoms with E-state index in [-0.39, 0.29) is 21.4 Å². The van der Waals surface area contributed by atoms with Crippen molar-refractivity contribution in [3.05, 3.63) is 58.6 Å². The molecular weight excluding hydrogens is 392 g/mol. The first-order valence-corrected chi connectivity index (χ1v) is 9.98. The van der Waals surface area contributed by atoms with Gasteiger partial charge >= 0.3 is 5.97 Å². The molecule has 0 atom stereocenters. The van der Waals surface area contributed by atoms with E-state index in [4.69, 9.17) is 16.3 Å². The Kier molecular flexibility index (Phi) is 5.50. The van der Waals surface area contributed by atoms with Gasteiger partial charge in [-0.3, -0.25) is 4.79 Å². The molecule has 2 aromatic carbocycles. The number of hydrogen-bond donors (Lipinski definition) is 1. The van der Waals surface area contributed by atoms with Crippen LogP contribution in [-0.4, -0.2) is 40.5 Å². The summed E-state index contributed by atoms with van der Waals surface area (Å²) in [5.41, 5.74) is 1.87. The fourth-order valence-corrected chi connectivity index (χ4v) is 4.08. The Labute approximate surface area is 161 Å². The Morgan fingerprint density at radius 2 is 1.96 bits per heavy atom. The number of benzene rings is 2. The maximum absolute atomic E-state index is 12.4. The van der Waals surface area contributed by atoms with Crippen LogP contribution in [0.15, 0.2) is 47.4 Å². The lowest BCUT2D eigenvalue weighted by Crippen LogP contribution is -2.33. The third kappa shape index (κ3) is 3.97. The number of halogens is 1. The number of carbonyl (C=O) groups is 2. The number of carbonyl (C=O) groups excluding carboxylic acids is 2. The van der Waals surface area contributed by atoms with E-state index in [1.54, 1.807) is 4.90 Å². The highest BCUT2D eigenvalue weighted by atomic mass is 35.5. The third-order valence-electron chi connectivity index (χ3n) is 4.24. The first-order chi connectivity index (χ1) is 12.8. The lowest BCUT2D eigenvalue weighted by Gasteiger charge is -2.17. The maximum Gasteiger partial charge on any atom is 0.338 e. The quantitative estimate of drug-likeness (QED) is 0.764. The molecule has 1 aliphatic heterocycles. The zero-order valence-corrected chi connectivity index (χ0v) is 16.0. The van der Waals surface area contributed by atoms with Crippen molar-refractivity contribution in [2.45, 2.75) is 11.3 Å². The van der Waals surface area contributed by atoms with Gasteiger partial charge in [0.1, 0.15) is 4.90 Å². The van der Waals surface area contributed by atoms with Crippen molar-refractivity contribution >= 4 is 39.2 Å². The average molecular weight is 409 g/mol. The van der Waals surface area contributed by atoms with E-state index in [1.165, 1.54) is 19.2 Å². The van der Waals surface area contributed by atoms with Gasteiger partial charge in [-0.1, -0.05) is 29.8 Å². The lowest BCUT2D eigenvalue weighted by atomic mass is 10.2. The highest BCUT2D eigenvalue weighted by molar-refractivity contribution is 7.89. The van der Waals surface area contributed by atoms with Gasteiger partial charge in [-0.05, 0) is 43.3 Å². The number of hydrogen-bond acceptors (Lipinski definition) is 5. The summed E-state index contributed by atoms with van der Waals surface area (Å²) >= 11 is 5.89. The molecule has 2 aromatic rings. The van der Waals surface area contributed by atoms with Crippen molar-refractivity contribution in [2.75, 3.05) is 25.1 Å². The molecule has 0 unspecified atom stereocenters. The molecule has 3 rings (SSSR count). The van der Waals surface area contributed by atoms with Crippen molar-refractivity contribution in [1.29, 1.82) is 0 Å².